The molecule has 0 saturated heterocycles. The van der Waals surface area contributed by atoms with Crippen molar-refractivity contribution < 1.29 is 33.4 Å². The molecule has 1 aromatic rings. The minimum atomic E-state index is -4.67. The molecule has 7 nitrogen and oxygen atoms in total. The Labute approximate surface area is 217 Å². The lowest BCUT2D eigenvalue weighted by molar-refractivity contribution is 0.0496. The SMILES string of the molecule is CCCCCCCCCCOC(=O)c1cc(C(=O)OCCCCCCCCCC)cc(P(=O)(O)O)c1. The fourth-order valence-electron chi connectivity index (χ4n) is 3.98. The minimum Gasteiger partial charge on any atom is -0.462 e. The van der Waals surface area contributed by atoms with Crippen molar-refractivity contribution in [1.29, 1.82) is 0 Å². The highest BCUT2D eigenvalue weighted by atomic mass is 31.2. The summed E-state index contributed by atoms with van der Waals surface area (Å²) in [7, 11) is -4.67. The summed E-state index contributed by atoms with van der Waals surface area (Å²) in [6, 6.07) is 3.46. The van der Waals surface area contributed by atoms with Gasteiger partial charge in [-0.2, -0.15) is 0 Å². The van der Waals surface area contributed by atoms with Crippen molar-refractivity contribution in [3.8, 4) is 0 Å². The lowest BCUT2D eigenvalue weighted by Gasteiger charge is -2.11. The van der Waals surface area contributed by atoms with Gasteiger partial charge in [0.1, 0.15) is 0 Å². The van der Waals surface area contributed by atoms with E-state index in [1.165, 1.54) is 70.3 Å². The number of carbonyl (C=O) groups is 2. The Morgan fingerprint density at radius 1 is 0.611 bits per heavy atom. The van der Waals surface area contributed by atoms with E-state index < -0.39 is 24.8 Å². The summed E-state index contributed by atoms with van der Waals surface area (Å²) in [5.41, 5.74) is -0.121. The number of hydrogen-bond acceptors (Lipinski definition) is 5. The predicted molar refractivity (Wildman–Crippen MR) is 144 cm³/mol. The second-order valence-electron chi connectivity index (χ2n) is 9.53. The van der Waals surface area contributed by atoms with Crippen LogP contribution in [-0.4, -0.2) is 34.9 Å². The van der Waals surface area contributed by atoms with Crippen LogP contribution < -0.4 is 5.30 Å². The largest absolute Gasteiger partial charge is 0.462 e. The molecule has 0 aliphatic heterocycles. The third-order valence-electron chi connectivity index (χ3n) is 6.19. The van der Waals surface area contributed by atoms with Crippen molar-refractivity contribution in [2.24, 2.45) is 0 Å². The summed E-state index contributed by atoms with van der Waals surface area (Å²) < 4.78 is 22.4. The number of ether oxygens (including phenoxy) is 2. The van der Waals surface area contributed by atoms with Gasteiger partial charge in [-0.05, 0) is 31.0 Å². The fraction of sp³-hybridized carbons (Fsp3) is 0.714. The third kappa shape index (κ3) is 14.8. The van der Waals surface area contributed by atoms with E-state index in [9.17, 15) is 23.9 Å². The molecule has 0 aliphatic carbocycles. The van der Waals surface area contributed by atoms with Crippen molar-refractivity contribution in [3.05, 3.63) is 29.3 Å². The zero-order chi connectivity index (χ0) is 26.7. The van der Waals surface area contributed by atoms with E-state index in [0.29, 0.717) is 0 Å². The van der Waals surface area contributed by atoms with Gasteiger partial charge < -0.3 is 19.3 Å². The van der Waals surface area contributed by atoms with Gasteiger partial charge >= 0.3 is 19.5 Å². The summed E-state index contributed by atoms with van der Waals surface area (Å²) in [5, 5.41) is -0.400. The number of unbranched alkanes of at least 4 members (excludes halogenated alkanes) is 14. The Bertz CT molecular complexity index is 751. The van der Waals surface area contributed by atoms with E-state index in [2.05, 4.69) is 13.8 Å². The lowest BCUT2D eigenvalue weighted by atomic mass is 10.1. The van der Waals surface area contributed by atoms with Crippen LogP contribution in [0, 0.1) is 0 Å². The van der Waals surface area contributed by atoms with Crippen LogP contribution >= 0.6 is 7.60 Å². The van der Waals surface area contributed by atoms with E-state index >= 15 is 0 Å². The van der Waals surface area contributed by atoms with Gasteiger partial charge in [0.05, 0.1) is 29.6 Å². The highest BCUT2D eigenvalue weighted by Gasteiger charge is 2.23. The normalized spacial score (nSPS) is 11.4. The van der Waals surface area contributed by atoms with Crippen molar-refractivity contribution in [2.45, 2.75) is 117 Å². The second kappa shape index (κ2) is 19.4. The van der Waals surface area contributed by atoms with Gasteiger partial charge in [0.2, 0.25) is 0 Å². The molecule has 36 heavy (non-hydrogen) atoms. The summed E-state index contributed by atoms with van der Waals surface area (Å²) in [6.45, 7) is 4.83. The summed E-state index contributed by atoms with van der Waals surface area (Å²) in [6.07, 6.45) is 17.8. The van der Waals surface area contributed by atoms with Gasteiger partial charge in [-0.1, -0.05) is 104 Å². The van der Waals surface area contributed by atoms with Gasteiger partial charge in [0.15, 0.2) is 0 Å². The van der Waals surface area contributed by atoms with Crippen LogP contribution in [0.3, 0.4) is 0 Å². The summed E-state index contributed by atoms with van der Waals surface area (Å²) in [5.74, 6) is -1.41. The zero-order valence-electron chi connectivity index (χ0n) is 22.3. The van der Waals surface area contributed by atoms with Crippen LogP contribution in [0.1, 0.15) is 137 Å². The van der Waals surface area contributed by atoms with E-state index in [4.69, 9.17) is 9.47 Å². The Balaban J connectivity index is 2.52. The maximum Gasteiger partial charge on any atom is 0.356 e. The number of hydrogen-bond donors (Lipinski definition) is 2. The first-order chi connectivity index (χ1) is 17.3. The molecule has 2 N–H and O–H groups in total. The third-order valence-corrected chi connectivity index (χ3v) is 7.12. The molecule has 8 heteroatoms. The molecule has 0 aliphatic rings. The highest BCUT2D eigenvalue weighted by molar-refractivity contribution is 7.60. The molecular formula is C28H47O7P. The Morgan fingerprint density at radius 2 is 0.944 bits per heavy atom. The zero-order valence-corrected chi connectivity index (χ0v) is 23.2. The number of rotatable bonds is 21. The smallest absolute Gasteiger partial charge is 0.356 e. The number of carbonyl (C=O) groups excluding carboxylic acids is 2. The van der Waals surface area contributed by atoms with Crippen LogP contribution in [0.5, 0.6) is 0 Å². The topological polar surface area (TPSA) is 110 Å². The molecule has 0 unspecified atom stereocenters. The monoisotopic (exact) mass is 526 g/mol. The van der Waals surface area contributed by atoms with Gasteiger partial charge in [0, 0.05) is 0 Å². The van der Waals surface area contributed by atoms with Crippen LogP contribution in [0.25, 0.3) is 0 Å². The quantitative estimate of drug-likeness (QED) is 0.1000. The maximum atomic E-state index is 12.5. The average molecular weight is 527 g/mol. The van der Waals surface area contributed by atoms with Crippen molar-refractivity contribution in [3.63, 3.8) is 0 Å². The molecule has 0 amide bonds. The van der Waals surface area contributed by atoms with Crippen molar-refractivity contribution in [1.82, 2.24) is 0 Å². The standard InChI is InChI=1S/C28H47O7P/c1-3-5-7-9-11-13-15-17-19-34-27(29)24-21-25(23-26(22-24)36(31,32)33)28(30)35-20-18-16-14-12-10-8-6-4-2/h21-23H,3-20H2,1-2H3,(H2,31,32,33). The van der Waals surface area contributed by atoms with Crippen LogP contribution in [0.4, 0.5) is 0 Å². The fourth-order valence-corrected chi connectivity index (χ4v) is 4.60. The predicted octanol–water partition coefficient (Wildman–Crippen LogP) is 7.08. The first-order valence-corrected chi connectivity index (χ1v) is 15.5. The average Bonchev–Trinajstić information content (AvgIpc) is 2.85. The van der Waals surface area contributed by atoms with E-state index in [0.717, 1.165) is 50.7 Å². The second-order valence-corrected chi connectivity index (χ2v) is 11.1. The molecule has 0 fully saturated rings. The molecule has 0 heterocycles. The maximum absolute atomic E-state index is 12.5. The Kier molecular flexibility index (Phi) is 17.4. The first kappa shape index (κ1) is 32.3. The first-order valence-electron chi connectivity index (χ1n) is 13.8. The molecule has 0 bridgehead atoms. The molecular weight excluding hydrogens is 479 g/mol. The number of benzene rings is 1. The van der Waals surface area contributed by atoms with Gasteiger partial charge in [0.25, 0.3) is 0 Å². The molecule has 0 saturated carbocycles. The highest BCUT2D eigenvalue weighted by Crippen LogP contribution is 2.34. The molecule has 0 radical (unpaired) electrons. The van der Waals surface area contributed by atoms with Gasteiger partial charge in [-0.3, -0.25) is 4.57 Å². The Morgan fingerprint density at radius 3 is 1.28 bits per heavy atom. The van der Waals surface area contributed by atoms with Crippen molar-refractivity contribution >= 4 is 24.8 Å². The number of esters is 2. The van der Waals surface area contributed by atoms with Crippen LogP contribution in [0.2, 0.25) is 0 Å². The van der Waals surface area contributed by atoms with Gasteiger partial charge in [-0.25, -0.2) is 9.59 Å². The van der Waals surface area contributed by atoms with Gasteiger partial charge in [-0.15, -0.1) is 0 Å². The van der Waals surface area contributed by atoms with Crippen LogP contribution in [-0.2, 0) is 14.0 Å². The van der Waals surface area contributed by atoms with Crippen molar-refractivity contribution in [2.75, 3.05) is 13.2 Å². The molecule has 0 spiro atoms. The minimum absolute atomic E-state index is 0.0607. The molecule has 1 rings (SSSR count). The van der Waals surface area contributed by atoms with Crippen LogP contribution in [0.15, 0.2) is 18.2 Å². The summed E-state index contributed by atoms with van der Waals surface area (Å²) in [4.78, 5) is 44.2. The molecule has 0 atom stereocenters. The Hall–Kier alpha value is -1.69. The lowest BCUT2D eigenvalue weighted by Crippen LogP contribution is -2.16. The molecule has 206 valence electrons. The molecule has 1 aromatic carbocycles. The summed E-state index contributed by atoms with van der Waals surface area (Å²) >= 11 is 0. The van der Waals surface area contributed by atoms with E-state index in [-0.39, 0.29) is 24.3 Å². The van der Waals surface area contributed by atoms with E-state index in [1.54, 1.807) is 0 Å². The molecule has 0 aromatic heterocycles. The van der Waals surface area contributed by atoms with E-state index in [1.807, 2.05) is 0 Å².